The van der Waals surface area contributed by atoms with E-state index in [0.717, 1.165) is 37.0 Å². The van der Waals surface area contributed by atoms with Crippen LogP contribution in [0.5, 0.6) is 5.75 Å². The normalized spacial score (nSPS) is 24.5. The molecule has 7 heteroatoms. The summed E-state index contributed by atoms with van der Waals surface area (Å²) in [4.78, 5) is 30.1. The highest BCUT2D eigenvalue weighted by molar-refractivity contribution is 5.95. The standard InChI is InChI=1S/C26H29FN2O4/c1-32-22-10-4-19(5-11-22)26(12-2-3-13-26)24(31)28-15-14-25(17-28)18-29(23(30)16-33-25)21-8-6-20(27)7-9-21/h4-11H,2-3,12-18H2,1H3/t25-/m1/s1. The Hall–Kier alpha value is -2.93. The number of hydrogen-bond donors (Lipinski definition) is 0. The maximum atomic E-state index is 13.9. The number of nitrogens with zero attached hydrogens (tertiary/aromatic N) is 2. The van der Waals surface area contributed by atoms with Gasteiger partial charge in [-0.2, -0.15) is 0 Å². The zero-order chi connectivity index (χ0) is 23.1. The summed E-state index contributed by atoms with van der Waals surface area (Å²) in [6.07, 6.45) is 4.40. The van der Waals surface area contributed by atoms with E-state index in [-0.39, 0.29) is 24.2 Å². The third-order valence-corrected chi connectivity index (χ3v) is 7.50. The molecule has 2 aliphatic heterocycles. The third-order valence-electron chi connectivity index (χ3n) is 7.50. The lowest BCUT2D eigenvalue weighted by Gasteiger charge is -2.40. The van der Waals surface area contributed by atoms with Gasteiger partial charge in [0, 0.05) is 12.2 Å². The molecule has 5 rings (SSSR count). The minimum absolute atomic E-state index is 0.0387. The molecule has 1 aliphatic carbocycles. The molecule has 1 atom stereocenters. The van der Waals surface area contributed by atoms with Crippen LogP contribution in [-0.4, -0.2) is 55.7 Å². The van der Waals surface area contributed by atoms with Crippen molar-refractivity contribution in [2.75, 3.05) is 38.3 Å². The Balaban J connectivity index is 1.36. The second kappa shape index (κ2) is 8.45. The predicted molar refractivity (Wildman–Crippen MR) is 122 cm³/mol. The molecule has 3 aliphatic rings. The number of ether oxygens (including phenoxy) is 2. The number of carbonyl (C=O) groups is 2. The van der Waals surface area contributed by atoms with Crippen LogP contribution in [-0.2, 0) is 19.7 Å². The van der Waals surface area contributed by atoms with Crippen molar-refractivity contribution in [3.05, 3.63) is 59.9 Å². The zero-order valence-electron chi connectivity index (χ0n) is 18.9. The third kappa shape index (κ3) is 3.88. The average molecular weight is 453 g/mol. The van der Waals surface area contributed by atoms with E-state index in [1.807, 2.05) is 29.2 Å². The molecular formula is C26H29FN2O4. The van der Waals surface area contributed by atoms with E-state index in [9.17, 15) is 14.0 Å². The summed E-state index contributed by atoms with van der Waals surface area (Å²) in [7, 11) is 1.64. The van der Waals surface area contributed by atoms with Gasteiger partial charge >= 0.3 is 0 Å². The fourth-order valence-corrected chi connectivity index (χ4v) is 5.65. The van der Waals surface area contributed by atoms with Gasteiger partial charge in [-0.1, -0.05) is 25.0 Å². The van der Waals surface area contributed by atoms with Crippen LogP contribution in [0.1, 0.15) is 37.7 Å². The summed E-state index contributed by atoms with van der Waals surface area (Å²) in [6.45, 7) is 1.37. The Morgan fingerprint density at radius 3 is 2.36 bits per heavy atom. The van der Waals surface area contributed by atoms with Gasteiger partial charge in [-0.25, -0.2) is 4.39 Å². The summed E-state index contributed by atoms with van der Waals surface area (Å²) in [5, 5.41) is 0. The highest BCUT2D eigenvalue weighted by atomic mass is 19.1. The van der Waals surface area contributed by atoms with Gasteiger partial charge in [0.1, 0.15) is 23.8 Å². The quantitative estimate of drug-likeness (QED) is 0.710. The van der Waals surface area contributed by atoms with Gasteiger partial charge in [-0.15, -0.1) is 0 Å². The molecule has 3 fully saturated rings. The Kier molecular flexibility index (Phi) is 5.60. The van der Waals surface area contributed by atoms with Crippen LogP contribution in [0.4, 0.5) is 10.1 Å². The first-order valence-corrected chi connectivity index (χ1v) is 11.6. The molecule has 1 spiro atoms. The van der Waals surface area contributed by atoms with Crippen molar-refractivity contribution in [3.63, 3.8) is 0 Å². The first-order chi connectivity index (χ1) is 15.9. The summed E-state index contributed by atoms with van der Waals surface area (Å²) in [6, 6.07) is 13.8. The van der Waals surface area contributed by atoms with E-state index in [2.05, 4.69) is 0 Å². The highest BCUT2D eigenvalue weighted by Gasteiger charge is 2.51. The number of methoxy groups -OCH3 is 1. The largest absolute Gasteiger partial charge is 0.497 e. The molecule has 6 nitrogen and oxygen atoms in total. The molecule has 1 saturated carbocycles. The van der Waals surface area contributed by atoms with Crippen molar-refractivity contribution in [1.82, 2.24) is 4.90 Å². The van der Waals surface area contributed by atoms with Gasteiger partial charge < -0.3 is 19.3 Å². The van der Waals surface area contributed by atoms with Crippen LogP contribution in [0.15, 0.2) is 48.5 Å². The molecule has 174 valence electrons. The van der Waals surface area contributed by atoms with Crippen LogP contribution in [0.2, 0.25) is 0 Å². The summed E-state index contributed by atoms with van der Waals surface area (Å²) < 4.78 is 24.7. The van der Waals surface area contributed by atoms with E-state index in [4.69, 9.17) is 9.47 Å². The first-order valence-electron chi connectivity index (χ1n) is 11.6. The van der Waals surface area contributed by atoms with Crippen LogP contribution < -0.4 is 9.64 Å². The van der Waals surface area contributed by atoms with Crippen molar-refractivity contribution < 1.29 is 23.5 Å². The first kappa shape index (κ1) is 21.9. The van der Waals surface area contributed by atoms with Gasteiger partial charge in [-0.3, -0.25) is 9.59 Å². The number of morpholine rings is 1. The van der Waals surface area contributed by atoms with Gasteiger partial charge in [0.25, 0.3) is 5.91 Å². The topological polar surface area (TPSA) is 59.1 Å². The molecule has 0 unspecified atom stereocenters. The van der Waals surface area contributed by atoms with Crippen molar-refractivity contribution in [2.45, 2.75) is 43.1 Å². The molecule has 2 aromatic rings. The van der Waals surface area contributed by atoms with Gasteiger partial charge in [0.05, 0.1) is 25.6 Å². The smallest absolute Gasteiger partial charge is 0.253 e. The van der Waals surface area contributed by atoms with E-state index in [1.54, 1.807) is 24.1 Å². The molecule has 2 amide bonds. The lowest BCUT2D eigenvalue weighted by molar-refractivity contribution is -0.141. The number of halogens is 1. The Morgan fingerprint density at radius 2 is 1.70 bits per heavy atom. The summed E-state index contributed by atoms with van der Waals surface area (Å²) in [5.41, 5.74) is 0.579. The number of rotatable bonds is 4. The molecule has 2 aromatic carbocycles. The van der Waals surface area contributed by atoms with Crippen LogP contribution in [0.25, 0.3) is 0 Å². The lowest BCUT2D eigenvalue weighted by Crippen LogP contribution is -2.57. The van der Waals surface area contributed by atoms with Crippen molar-refractivity contribution >= 4 is 17.5 Å². The number of anilines is 1. The average Bonchev–Trinajstić information content (AvgIpc) is 3.50. The monoisotopic (exact) mass is 452 g/mol. The van der Waals surface area contributed by atoms with E-state index >= 15 is 0 Å². The van der Waals surface area contributed by atoms with Gasteiger partial charge in [0.2, 0.25) is 5.91 Å². The fourth-order valence-electron chi connectivity index (χ4n) is 5.65. The minimum Gasteiger partial charge on any atom is -0.497 e. The van der Waals surface area contributed by atoms with E-state index in [1.165, 1.54) is 12.1 Å². The van der Waals surface area contributed by atoms with Gasteiger partial charge in [0.15, 0.2) is 0 Å². The maximum absolute atomic E-state index is 13.9. The number of hydrogen-bond acceptors (Lipinski definition) is 4. The predicted octanol–water partition coefficient (Wildman–Crippen LogP) is 3.68. The number of likely N-dealkylation sites (tertiary alicyclic amines) is 1. The SMILES string of the molecule is COc1ccc(C2(C(=O)N3CC[C@@]4(C3)CN(c3ccc(F)cc3)C(=O)CO4)CCCC2)cc1. The zero-order valence-corrected chi connectivity index (χ0v) is 18.9. The molecule has 2 saturated heterocycles. The molecule has 0 radical (unpaired) electrons. The van der Waals surface area contributed by atoms with Crippen LogP contribution in [0, 0.1) is 5.82 Å². The number of amides is 2. The minimum atomic E-state index is -0.600. The van der Waals surface area contributed by atoms with E-state index in [0.29, 0.717) is 31.7 Å². The molecule has 0 bridgehead atoms. The number of carbonyl (C=O) groups excluding carboxylic acids is 2. The summed E-state index contributed by atoms with van der Waals surface area (Å²) in [5.74, 6) is 0.436. The number of benzene rings is 2. The maximum Gasteiger partial charge on any atom is 0.253 e. The Bertz CT molecular complexity index is 1030. The molecular weight excluding hydrogens is 423 g/mol. The Labute approximate surface area is 193 Å². The highest BCUT2D eigenvalue weighted by Crippen LogP contribution is 2.44. The lowest BCUT2D eigenvalue weighted by atomic mass is 9.77. The molecule has 33 heavy (non-hydrogen) atoms. The fraction of sp³-hybridized carbons (Fsp3) is 0.462. The van der Waals surface area contributed by atoms with E-state index < -0.39 is 11.0 Å². The summed E-state index contributed by atoms with van der Waals surface area (Å²) >= 11 is 0. The Morgan fingerprint density at radius 1 is 1.00 bits per heavy atom. The second-order valence-corrected chi connectivity index (χ2v) is 9.42. The molecule has 2 heterocycles. The molecule has 0 N–H and O–H groups in total. The molecule has 0 aromatic heterocycles. The van der Waals surface area contributed by atoms with Crippen molar-refractivity contribution in [3.8, 4) is 5.75 Å². The van der Waals surface area contributed by atoms with Crippen molar-refractivity contribution in [2.24, 2.45) is 0 Å². The van der Waals surface area contributed by atoms with Crippen LogP contribution in [0.3, 0.4) is 0 Å². The van der Waals surface area contributed by atoms with Gasteiger partial charge in [-0.05, 0) is 61.2 Å². The second-order valence-electron chi connectivity index (χ2n) is 9.42. The van der Waals surface area contributed by atoms with Crippen LogP contribution >= 0.6 is 0 Å². The van der Waals surface area contributed by atoms with Crippen molar-refractivity contribution in [1.29, 1.82) is 0 Å².